The second-order valence-corrected chi connectivity index (χ2v) is 4.60. The molecule has 0 aromatic heterocycles. The molecule has 0 radical (unpaired) electrons. The van der Waals surface area contributed by atoms with Gasteiger partial charge in [-0.15, -0.1) is 0 Å². The summed E-state index contributed by atoms with van der Waals surface area (Å²) in [5.41, 5.74) is 2.20. The van der Waals surface area contributed by atoms with E-state index >= 15 is 0 Å². The highest BCUT2D eigenvalue weighted by Crippen LogP contribution is 2.37. The first-order chi connectivity index (χ1) is 7.72. The SMILES string of the molecule is COc1c(Cl)cc(-c2ccccc2)cc1Br. The van der Waals surface area contributed by atoms with Crippen molar-refractivity contribution >= 4 is 27.5 Å². The fourth-order valence-corrected chi connectivity index (χ4v) is 2.58. The maximum Gasteiger partial charge on any atom is 0.151 e. The van der Waals surface area contributed by atoms with E-state index in [1.165, 1.54) is 0 Å². The van der Waals surface area contributed by atoms with Crippen LogP contribution in [0.5, 0.6) is 5.75 Å². The Balaban J connectivity index is 2.53. The normalized spacial score (nSPS) is 10.2. The van der Waals surface area contributed by atoms with Crippen LogP contribution >= 0.6 is 27.5 Å². The Morgan fingerprint density at radius 2 is 1.75 bits per heavy atom. The minimum atomic E-state index is 0.607. The lowest BCUT2D eigenvalue weighted by molar-refractivity contribution is 0.412. The molecule has 0 amide bonds. The molecule has 0 aliphatic rings. The van der Waals surface area contributed by atoms with E-state index in [0.29, 0.717) is 10.8 Å². The molecule has 82 valence electrons. The molecule has 3 heteroatoms. The molecule has 2 aromatic carbocycles. The fourth-order valence-electron chi connectivity index (χ4n) is 1.55. The Morgan fingerprint density at radius 1 is 1.06 bits per heavy atom. The third-order valence-electron chi connectivity index (χ3n) is 2.31. The molecule has 0 bridgehead atoms. The first-order valence-electron chi connectivity index (χ1n) is 4.81. The van der Waals surface area contributed by atoms with E-state index < -0.39 is 0 Å². The summed E-state index contributed by atoms with van der Waals surface area (Å²) in [5.74, 6) is 0.668. The van der Waals surface area contributed by atoms with Crippen molar-refractivity contribution in [1.82, 2.24) is 0 Å². The summed E-state index contributed by atoms with van der Waals surface area (Å²) >= 11 is 9.58. The third-order valence-corrected chi connectivity index (χ3v) is 3.18. The summed E-state index contributed by atoms with van der Waals surface area (Å²) in [6.45, 7) is 0. The first-order valence-corrected chi connectivity index (χ1v) is 5.98. The monoisotopic (exact) mass is 296 g/mol. The second kappa shape index (κ2) is 4.89. The number of benzene rings is 2. The van der Waals surface area contributed by atoms with Gasteiger partial charge in [-0.25, -0.2) is 0 Å². The van der Waals surface area contributed by atoms with Gasteiger partial charge in [0, 0.05) is 0 Å². The molecule has 0 aliphatic heterocycles. The third kappa shape index (κ3) is 2.23. The summed E-state index contributed by atoms with van der Waals surface area (Å²) in [4.78, 5) is 0. The standard InChI is InChI=1S/C13H10BrClO/c1-16-13-11(14)7-10(8-12(13)15)9-5-3-2-4-6-9/h2-8H,1H3. The molecule has 0 heterocycles. The van der Waals surface area contributed by atoms with Crippen molar-refractivity contribution in [2.45, 2.75) is 0 Å². The Labute approximate surface area is 108 Å². The molecule has 2 rings (SSSR count). The summed E-state index contributed by atoms with van der Waals surface area (Å²) in [6.07, 6.45) is 0. The van der Waals surface area contributed by atoms with Gasteiger partial charge >= 0.3 is 0 Å². The predicted molar refractivity (Wildman–Crippen MR) is 71.1 cm³/mol. The molecule has 0 fully saturated rings. The van der Waals surface area contributed by atoms with Crippen molar-refractivity contribution in [3.05, 3.63) is 52.0 Å². The fraction of sp³-hybridized carbons (Fsp3) is 0.0769. The minimum absolute atomic E-state index is 0.607. The van der Waals surface area contributed by atoms with Crippen molar-refractivity contribution in [3.63, 3.8) is 0 Å². The zero-order chi connectivity index (χ0) is 11.5. The van der Waals surface area contributed by atoms with E-state index in [0.717, 1.165) is 15.6 Å². The number of rotatable bonds is 2. The summed E-state index contributed by atoms with van der Waals surface area (Å²) < 4.78 is 6.05. The maximum absolute atomic E-state index is 6.13. The second-order valence-electron chi connectivity index (χ2n) is 3.34. The van der Waals surface area contributed by atoms with Crippen LogP contribution in [0.15, 0.2) is 46.9 Å². The van der Waals surface area contributed by atoms with Gasteiger partial charge in [0.05, 0.1) is 16.6 Å². The van der Waals surface area contributed by atoms with Gasteiger partial charge in [-0.2, -0.15) is 0 Å². The van der Waals surface area contributed by atoms with Gasteiger partial charge in [0.1, 0.15) is 0 Å². The molecule has 0 aliphatic carbocycles. The van der Waals surface area contributed by atoms with Gasteiger partial charge in [0.2, 0.25) is 0 Å². The Kier molecular flexibility index (Phi) is 3.52. The Morgan fingerprint density at radius 3 is 2.31 bits per heavy atom. The summed E-state index contributed by atoms with van der Waals surface area (Å²) in [7, 11) is 1.61. The van der Waals surface area contributed by atoms with Crippen LogP contribution in [0, 0.1) is 0 Å². The highest BCUT2D eigenvalue weighted by molar-refractivity contribution is 9.10. The zero-order valence-corrected chi connectivity index (χ0v) is 11.0. The number of halogens is 2. The van der Waals surface area contributed by atoms with E-state index in [2.05, 4.69) is 15.9 Å². The van der Waals surface area contributed by atoms with Crippen LogP contribution in [0.4, 0.5) is 0 Å². The molecule has 0 saturated carbocycles. The Bertz CT molecular complexity index is 474. The van der Waals surface area contributed by atoms with Gasteiger partial charge < -0.3 is 4.74 Å². The number of hydrogen-bond donors (Lipinski definition) is 0. The van der Waals surface area contributed by atoms with E-state index in [1.807, 2.05) is 42.5 Å². The molecule has 0 atom stereocenters. The van der Waals surface area contributed by atoms with Gasteiger partial charge in [-0.1, -0.05) is 41.9 Å². The highest BCUT2D eigenvalue weighted by atomic mass is 79.9. The first kappa shape index (κ1) is 11.5. The lowest BCUT2D eigenvalue weighted by atomic mass is 10.1. The van der Waals surface area contributed by atoms with Crippen molar-refractivity contribution in [2.24, 2.45) is 0 Å². The average molecular weight is 298 g/mol. The molecular formula is C13H10BrClO. The van der Waals surface area contributed by atoms with Gasteiger partial charge in [-0.05, 0) is 39.2 Å². The topological polar surface area (TPSA) is 9.23 Å². The molecule has 0 saturated heterocycles. The molecule has 0 unspecified atom stereocenters. The number of hydrogen-bond acceptors (Lipinski definition) is 1. The predicted octanol–water partition coefficient (Wildman–Crippen LogP) is 4.78. The molecule has 16 heavy (non-hydrogen) atoms. The largest absolute Gasteiger partial charge is 0.494 e. The lowest BCUT2D eigenvalue weighted by Crippen LogP contribution is -1.87. The van der Waals surface area contributed by atoms with Crippen LogP contribution in [0.25, 0.3) is 11.1 Å². The lowest BCUT2D eigenvalue weighted by Gasteiger charge is -2.09. The Hall–Kier alpha value is -0.990. The quantitative estimate of drug-likeness (QED) is 0.775. The van der Waals surface area contributed by atoms with E-state index in [1.54, 1.807) is 7.11 Å². The van der Waals surface area contributed by atoms with Crippen LogP contribution < -0.4 is 4.74 Å². The molecular weight excluding hydrogens is 287 g/mol. The number of methoxy groups -OCH3 is 1. The molecule has 0 N–H and O–H groups in total. The van der Waals surface area contributed by atoms with Crippen LogP contribution in [0.3, 0.4) is 0 Å². The van der Waals surface area contributed by atoms with Gasteiger partial charge in [-0.3, -0.25) is 0 Å². The van der Waals surface area contributed by atoms with Crippen molar-refractivity contribution in [2.75, 3.05) is 7.11 Å². The van der Waals surface area contributed by atoms with Crippen molar-refractivity contribution < 1.29 is 4.74 Å². The van der Waals surface area contributed by atoms with Crippen LogP contribution in [0.1, 0.15) is 0 Å². The van der Waals surface area contributed by atoms with Gasteiger partial charge in [0.25, 0.3) is 0 Å². The maximum atomic E-state index is 6.13. The smallest absolute Gasteiger partial charge is 0.151 e. The van der Waals surface area contributed by atoms with Crippen LogP contribution in [0.2, 0.25) is 5.02 Å². The number of ether oxygens (including phenoxy) is 1. The molecule has 0 spiro atoms. The van der Waals surface area contributed by atoms with Gasteiger partial charge in [0.15, 0.2) is 5.75 Å². The van der Waals surface area contributed by atoms with E-state index in [9.17, 15) is 0 Å². The summed E-state index contributed by atoms with van der Waals surface area (Å²) in [5, 5.41) is 0.607. The molecule has 1 nitrogen and oxygen atoms in total. The highest BCUT2D eigenvalue weighted by Gasteiger charge is 2.08. The zero-order valence-electron chi connectivity index (χ0n) is 8.71. The minimum Gasteiger partial charge on any atom is -0.494 e. The van der Waals surface area contributed by atoms with Crippen molar-refractivity contribution in [1.29, 1.82) is 0 Å². The van der Waals surface area contributed by atoms with Crippen molar-refractivity contribution in [3.8, 4) is 16.9 Å². The van der Waals surface area contributed by atoms with E-state index in [-0.39, 0.29) is 0 Å². The van der Waals surface area contributed by atoms with E-state index in [4.69, 9.17) is 16.3 Å². The average Bonchev–Trinajstić information content (AvgIpc) is 2.30. The summed E-state index contributed by atoms with van der Waals surface area (Å²) in [6, 6.07) is 14.0. The van der Waals surface area contributed by atoms with Crippen LogP contribution in [-0.4, -0.2) is 7.11 Å². The molecule has 2 aromatic rings. The van der Waals surface area contributed by atoms with Crippen LogP contribution in [-0.2, 0) is 0 Å².